The Morgan fingerprint density at radius 1 is 1.04 bits per heavy atom. The van der Waals surface area contributed by atoms with Crippen LogP contribution < -0.4 is 9.84 Å². The number of rotatable bonds is 5. The van der Waals surface area contributed by atoms with Gasteiger partial charge in [-0.1, -0.05) is 24.3 Å². The molecule has 0 aromatic heterocycles. The highest BCUT2D eigenvalue weighted by Gasteiger charge is 2.26. The van der Waals surface area contributed by atoms with Crippen molar-refractivity contribution in [2.75, 3.05) is 4.41 Å². The molecule has 0 atom stereocenters. The molecule has 0 bridgehead atoms. The third-order valence-corrected chi connectivity index (χ3v) is 4.52. The number of amides is 1. The molecule has 2 aromatic carbocycles. The Hall–Kier alpha value is -2.87. The summed E-state index contributed by atoms with van der Waals surface area (Å²) < 4.78 is 26.1. The van der Waals surface area contributed by atoms with Crippen molar-refractivity contribution in [2.45, 2.75) is 11.8 Å². The van der Waals surface area contributed by atoms with Crippen LogP contribution in [0.5, 0.6) is 0 Å². The maximum atomic E-state index is 12.7. The molecular formula is C15H14N2O5S. The van der Waals surface area contributed by atoms with E-state index in [4.69, 9.17) is 5.11 Å². The molecule has 120 valence electrons. The van der Waals surface area contributed by atoms with Crippen LogP contribution in [0.25, 0.3) is 0 Å². The standard InChI is InChI=1S/C15H14N2O5S/c1-11(18)16-17(13-7-5-6-12(10-13)15(19)20)23(21,22)14-8-3-2-4-9-14/h2-10H,1H3,(H,16,18)(H,19,20). The fourth-order valence-electron chi connectivity index (χ4n) is 1.87. The van der Waals surface area contributed by atoms with Gasteiger partial charge in [0.2, 0.25) is 5.91 Å². The van der Waals surface area contributed by atoms with E-state index in [-0.39, 0.29) is 16.1 Å². The van der Waals surface area contributed by atoms with Crippen molar-refractivity contribution in [3.8, 4) is 0 Å². The number of hydrogen-bond acceptors (Lipinski definition) is 4. The fourth-order valence-corrected chi connectivity index (χ4v) is 3.22. The molecule has 1 amide bonds. The van der Waals surface area contributed by atoms with E-state index in [9.17, 15) is 18.0 Å². The fraction of sp³-hybridized carbons (Fsp3) is 0.0667. The van der Waals surface area contributed by atoms with E-state index in [1.807, 2.05) is 0 Å². The Kier molecular flexibility index (Phi) is 4.65. The molecule has 7 nitrogen and oxygen atoms in total. The van der Waals surface area contributed by atoms with Crippen LogP contribution in [-0.4, -0.2) is 25.4 Å². The van der Waals surface area contributed by atoms with Crippen molar-refractivity contribution < 1.29 is 23.1 Å². The van der Waals surface area contributed by atoms with Crippen LogP contribution in [0.15, 0.2) is 59.5 Å². The van der Waals surface area contributed by atoms with Crippen LogP contribution >= 0.6 is 0 Å². The monoisotopic (exact) mass is 334 g/mol. The average Bonchev–Trinajstić information content (AvgIpc) is 2.53. The number of carbonyl (C=O) groups excluding carboxylic acids is 1. The lowest BCUT2D eigenvalue weighted by Crippen LogP contribution is -2.45. The van der Waals surface area contributed by atoms with Crippen molar-refractivity contribution in [2.24, 2.45) is 0 Å². The van der Waals surface area contributed by atoms with Gasteiger partial charge in [-0.25, -0.2) is 4.79 Å². The molecule has 0 aliphatic heterocycles. The second kappa shape index (κ2) is 6.49. The largest absolute Gasteiger partial charge is 0.478 e. The Labute approximate surface area is 133 Å². The number of aromatic carboxylic acids is 1. The third-order valence-electron chi connectivity index (χ3n) is 2.87. The van der Waals surface area contributed by atoms with Crippen molar-refractivity contribution in [3.63, 3.8) is 0 Å². The summed E-state index contributed by atoms with van der Waals surface area (Å²) in [5, 5.41) is 9.04. The Morgan fingerprint density at radius 2 is 1.70 bits per heavy atom. The van der Waals surface area contributed by atoms with E-state index in [0.717, 1.165) is 6.92 Å². The second-order valence-corrected chi connectivity index (χ2v) is 6.39. The number of benzene rings is 2. The van der Waals surface area contributed by atoms with Gasteiger partial charge in [-0.3, -0.25) is 10.2 Å². The number of sulfonamides is 1. The molecule has 0 unspecified atom stereocenters. The van der Waals surface area contributed by atoms with E-state index in [1.54, 1.807) is 18.2 Å². The molecular weight excluding hydrogens is 320 g/mol. The predicted molar refractivity (Wildman–Crippen MR) is 83.3 cm³/mol. The number of nitrogens with one attached hydrogen (secondary N) is 1. The lowest BCUT2D eigenvalue weighted by atomic mass is 10.2. The van der Waals surface area contributed by atoms with Crippen molar-refractivity contribution in [1.82, 2.24) is 5.43 Å². The minimum Gasteiger partial charge on any atom is -0.478 e. The molecule has 0 aliphatic carbocycles. The minimum atomic E-state index is -4.08. The van der Waals surface area contributed by atoms with Crippen LogP contribution in [-0.2, 0) is 14.8 Å². The number of hydrazine groups is 1. The first kappa shape index (κ1) is 16.5. The van der Waals surface area contributed by atoms with E-state index in [0.29, 0.717) is 4.41 Å². The molecule has 8 heteroatoms. The maximum Gasteiger partial charge on any atom is 0.335 e. The predicted octanol–water partition coefficient (Wildman–Crippen LogP) is 1.63. The third kappa shape index (κ3) is 3.67. The van der Waals surface area contributed by atoms with Gasteiger partial charge in [0.05, 0.1) is 16.1 Å². The highest BCUT2D eigenvalue weighted by Crippen LogP contribution is 2.22. The number of nitrogens with zero attached hydrogens (tertiary/aromatic N) is 1. The first-order valence-corrected chi connectivity index (χ1v) is 7.97. The number of anilines is 1. The minimum absolute atomic E-state index is 0.0175. The second-order valence-electron chi connectivity index (χ2n) is 4.61. The summed E-state index contributed by atoms with van der Waals surface area (Å²) in [4.78, 5) is 22.4. The summed E-state index contributed by atoms with van der Waals surface area (Å²) in [5.74, 6) is -1.81. The van der Waals surface area contributed by atoms with Gasteiger partial charge in [-0.05, 0) is 30.3 Å². The summed E-state index contributed by atoms with van der Waals surface area (Å²) in [6, 6.07) is 12.8. The molecule has 0 aliphatic rings. The summed E-state index contributed by atoms with van der Waals surface area (Å²) in [7, 11) is -4.08. The van der Waals surface area contributed by atoms with Gasteiger partial charge in [0.15, 0.2) is 0 Å². The summed E-state index contributed by atoms with van der Waals surface area (Å²) >= 11 is 0. The lowest BCUT2D eigenvalue weighted by Gasteiger charge is -2.24. The van der Waals surface area contributed by atoms with Gasteiger partial charge < -0.3 is 5.11 Å². The van der Waals surface area contributed by atoms with E-state index < -0.39 is 21.9 Å². The highest BCUT2D eigenvalue weighted by atomic mass is 32.2. The molecule has 2 rings (SSSR count). The first-order valence-electron chi connectivity index (χ1n) is 6.53. The smallest absolute Gasteiger partial charge is 0.335 e. The number of carbonyl (C=O) groups is 2. The maximum absolute atomic E-state index is 12.7. The van der Waals surface area contributed by atoms with Crippen LogP contribution in [0.1, 0.15) is 17.3 Å². The van der Waals surface area contributed by atoms with Gasteiger partial charge in [0.25, 0.3) is 10.0 Å². The van der Waals surface area contributed by atoms with Crippen molar-refractivity contribution in [1.29, 1.82) is 0 Å². The molecule has 23 heavy (non-hydrogen) atoms. The van der Waals surface area contributed by atoms with Gasteiger partial charge in [0.1, 0.15) is 0 Å². The zero-order valence-electron chi connectivity index (χ0n) is 12.1. The van der Waals surface area contributed by atoms with Gasteiger partial charge in [0, 0.05) is 6.92 Å². The van der Waals surface area contributed by atoms with Crippen molar-refractivity contribution in [3.05, 3.63) is 60.2 Å². The number of hydrogen-bond donors (Lipinski definition) is 2. The summed E-state index contributed by atoms with van der Waals surface area (Å²) in [6.45, 7) is 1.16. The normalized spacial score (nSPS) is 10.8. The zero-order valence-corrected chi connectivity index (χ0v) is 12.9. The summed E-state index contributed by atoms with van der Waals surface area (Å²) in [6.07, 6.45) is 0. The topological polar surface area (TPSA) is 104 Å². The first-order chi connectivity index (χ1) is 10.8. The molecule has 0 spiro atoms. The number of carboxylic acids is 1. The van der Waals surface area contributed by atoms with Crippen LogP contribution in [0.3, 0.4) is 0 Å². The molecule has 0 heterocycles. The van der Waals surface area contributed by atoms with Crippen LogP contribution in [0, 0.1) is 0 Å². The molecule has 2 aromatic rings. The SMILES string of the molecule is CC(=O)NN(c1cccc(C(=O)O)c1)S(=O)(=O)c1ccccc1. The van der Waals surface area contributed by atoms with Gasteiger partial charge in [-0.15, -0.1) is 0 Å². The molecule has 2 N–H and O–H groups in total. The Balaban J connectivity index is 2.56. The van der Waals surface area contributed by atoms with Gasteiger partial charge in [-0.2, -0.15) is 12.8 Å². The molecule has 0 saturated carbocycles. The average molecular weight is 334 g/mol. The van der Waals surface area contributed by atoms with Crippen LogP contribution in [0.2, 0.25) is 0 Å². The zero-order chi connectivity index (χ0) is 17.0. The molecule has 0 radical (unpaired) electrons. The Morgan fingerprint density at radius 3 is 2.26 bits per heavy atom. The quantitative estimate of drug-likeness (QED) is 0.809. The highest BCUT2D eigenvalue weighted by molar-refractivity contribution is 7.92. The molecule has 0 fully saturated rings. The van der Waals surface area contributed by atoms with Crippen LogP contribution in [0.4, 0.5) is 5.69 Å². The van der Waals surface area contributed by atoms with Gasteiger partial charge >= 0.3 is 5.97 Å². The van der Waals surface area contributed by atoms with E-state index in [2.05, 4.69) is 5.43 Å². The Bertz CT molecular complexity index is 834. The van der Waals surface area contributed by atoms with E-state index in [1.165, 1.54) is 36.4 Å². The number of carboxylic acid groups (broad SMARTS) is 1. The molecule has 0 saturated heterocycles. The summed E-state index contributed by atoms with van der Waals surface area (Å²) in [5.41, 5.74) is 2.14. The van der Waals surface area contributed by atoms with Crippen molar-refractivity contribution >= 4 is 27.6 Å². The lowest BCUT2D eigenvalue weighted by molar-refractivity contribution is -0.118. The van der Waals surface area contributed by atoms with E-state index >= 15 is 0 Å².